The van der Waals surface area contributed by atoms with Gasteiger partial charge >= 0.3 is 0 Å². The number of aliphatic hydroxyl groups is 1. The summed E-state index contributed by atoms with van der Waals surface area (Å²) in [7, 11) is 3.03. The van der Waals surface area contributed by atoms with Gasteiger partial charge < -0.3 is 14.6 Å². The molecule has 1 aliphatic heterocycles. The Morgan fingerprint density at radius 2 is 1.70 bits per heavy atom. The number of amides is 1. The first kappa shape index (κ1) is 22.4. The van der Waals surface area contributed by atoms with Gasteiger partial charge in [-0.3, -0.25) is 14.5 Å². The van der Waals surface area contributed by atoms with Gasteiger partial charge in [-0.2, -0.15) is 0 Å². The molecule has 1 amide bonds. The van der Waals surface area contributed by atoms with Gasteiger partial charge in [0.2, 0.25) is 0 Å². The maximum Gasteiger partial charge on any atom is 0.300 e. The predicted molar refractivity (Wildman–Crippen MR) is 127 cm³/mol. The molecular formula is C26H22ClNO5. The number of rotatable bonds is 5. The van der Waals surface area contributed by atoms with Gasteiger partial charge in [-0.1, -0.05) is 41.9 Å². The van der Waals surface area contributed by atoms with E-state index in [1.165, 1.54) is 19.1 Å². The summed E-state index contributed by atoms with van der Waals surface area (Å²) in [5, 5.41) is 11.7. The van der Waals surface area contributed by atoms with Crippen LogP contribution in [0.25, 0.3) is 5.76 Å². The molecule has 0 bridgehead atoms. The van der Waals surface area contributed by atoms with E-state index in [9.17, 15) is 14.7 Å². The van der Waals surface area contributed by atoms with E-state index in [4.69, 9.17) is 21.1 Å². The lowest BCUT2D eigenvalue weighted by atomic mass is 9.94. The van der Waals surface area contributed by atoms with Gasteiger partial charge in [0.25, 0.3) is 11.7 Å². The zero-order chi connectivity index (χ0) is 23.7. The highest BCUT2D eigenvalue weighted by Crippen LogP contribution is 2.46. The van der Waals surface area contributed by atoms with Crippen molar-refractivity contribution in [3.63, 3.8) is 0 Å². The fourth-order valence-electron chi connectivity index (χ4n) is 3.97. The molecule has 0 saturated carbocycles. The molecule has 0 aliphatic carbocycles. The molecule has 0 unspecified atom stereocenters. The third kappa shape index (κ3) is 3.94. The van der Waals surface area contributed by atoms with Crippen LogP contribution in [0.2, 0.25) is 5.02 Å². The number of benzene rings is 3. The normalized spacial score (nSPS) is 17.3. The van der Waals surface area contributed by atoms with Gasteiger partial charge in [0.1, 0.15) is 17.3 Å². The molecule has 4 rings (SSSR count). The Balaban J connectivity index is 2.00. The highest BCUT2D eigenvalue weighted by molar-refractivity contribution is 6.51. The van der Waals surface area contributed by atoms with Crippen LogP contribution in [-0.2, 0) is 9.59 Å². The smallest absolute Gasteiger partial charge is 0.300 e. The molecule has 3 aromatic carbocycles. The van der Waals surface area contributed by atoms with Crippen LogP contribution in [0.15, 0.2) is 72.3 Å². The lowest BCUT2D eigenvalue weighted by Gasteiger charge is -2.27. The van der Waals surface area contributed by atoms with E-state index in [0.29, 0.717) is 33.3 Å². The van der Waals surface area contributed by atoms with E-state index in [1.54, 1.807) is 66.7 Å². The van der Waals surface area contributed by atoms with Crippen molar-refractivity contribution in [3.05, 3.63) is 94.0 Å². The number of nitrogens with zero attached hydrogens (tertiary/aromatic N) is 1. The number of halogens is 1. The molecule has 7 heteroatoms. The molecule has 1 N–H and O–H groups in total. The van der Waals surface area contributed by atoms with Crippen LogP contribution in [0.1, 0.15) is 22.7 Å². The number of aliphatic hydroxyl groups excluding tert-OH is 1. The van der Waals surface area contributed by atoms with E-state index in [1.807, 2.05) is 6.92 Å². The second-order valence-electron chi connectivity index (χ2n) is 7.58. The molecule has 1 aliphatic rings. The van der Waals surface area contributed by atoms with Crippen molar-refractivity contribution in [3.8, 4) is 11.5 Å². The minimum atomic E-state index is -0.924. The monoisotopic (exact) mass is 463 g/mol. The van der Waals surface area contributed by atoms with Crippen molar-refractivity contribution in [1.29, 1.82) is 0 Å². The molecule has 0 spiro atoms. The highest BCUT2D eigenvalue weighted by Gasteiger charge is 2.48. The Morgan fingerprint density at radius 1 is 0.970 bits per heavy atom. The van der Waals surface area contributed by atoms with Gasteiger partial charge in [-0.05, 0) is 42.8 Å². The molecule has 3 aromatic rings. The summed E-state index contributed by atoms with van der Waals surface area (Å²) in [5.74, 6) is -0.831. The summed E-state index contributed by atoms with van der Waals surface area (Å²) >= 11 is 6.19. The van der Waals surface area contributed by atoms with Crippen LogP contribution in [0.5, 0.6) is 11.5 Å². The van der Waals surface area contributed by atoms with Crippen molar-refractivity contribution in [2.75, 3.05) is 19.1 Å². The second-order valence-corrected chi connectivity index (χ2v) is 7.98. The lowest BCUT2D eigenvalue weighted by Crippen LogP contribution is -2.29. The number of methoxy groups -OCH3 is 2. The minimum absolute atomic E-state index is 0.0257. The summed E-state index contributed by atoms with van der Waals surface area (Å²) in [5.41, 5.74) is 2.17. The summed E-state index contributed by atoms with van der Waals surface area (Å²) in [4.78, 5) is 27.9. The van der Waals surface area contributed by atoms with Gasteiger partial charge in [-0.15, -0.1) is 0 Å². The number of ether oxygens (including phenoxy) is 2. The maximum atomic E-state index is 13.3. The van der Waals surface area contributed by atoms with Gasteiger partial charge in [0.15, 0.2) is 0 Å². The minimum Gasteiger partial charge on any atom is -0.507 e. The fraction of sp³-hybridized carbons (Fsp3) is 0.154. The molecule has 33 heavy (non-hydrogen) atoms. The first-order chi connectivity index (χ1) is 15.9. The van der Waals surface area contributed by atoms with E-state index in [0.717, 1.165) is 5.56 Å². The van der Waals surface area contributed by atoms with Crippen LogP contribution in [0.3, 0.4) is 0 Å². The van der Waals surface area contributed by atoms with Crippen molar-refractivity contribution in [2.45, 2.75) is 13.0 Å². The quantitative estimate of drug-likeness (QED) is 0.316. The Bertz CT molecular complexity index is 1270. The number of anilines is 1. The van der Waals surface area contributed by atoms with Gasteiger partial charge in [0, 0.05) is 27.9 Å². The van der Waals surface area contributed by atoms with E-state index in [-0.39, 0.29) is 11.3 Å². The Morgan fingerprint density at radius 3 is 2.33 bits per heavy atom. The average molecular weight is 464 g/mol. The summed E-state index contributed by atoms with van der Waals surface area (Å²) in [6.45, 7) is 1.81. The first-order valence-corrected chi connectivity index (χ1v) is 10.6. The SMILES string of the molecule is COc1ccc([C@H]2C(=C(O)c3ccccc3)C(=O)C(=O)N2c2ccc(Cl)c(C)c2)c(OC)c1. The number of hydrogen-bond acceptors (Lipinski definition) is 5. The third-order valence-electron chi connectivity index (χ3n) is 5.65. The highest BCUT2D eigenvalue weighted by atomic mass is 35.5. The molecule has 1 heterocycles. The van der Waals surface area contributed by atoms with Gasteiger partial charge in [-0.25, -0.2) is 0 Å². The molecule has 168 valence electrons. The van der Waals surface area contributed by atoms with Crippen molar-refractivity contribution >= 4 is 34.7 Å². The number of hydrogen-bond donors (Lipinski definition) is 1. The largest absolute Gasteiger partial charge is 0.507 e. The van der Waals surface area contributed by atoms with Crippen molar-refractivity contribution in [2.24, 2.45) is 0 Å². The lowest BCUT2D eigenvalue weighted by molar-refractivity contribution is -0.132. The first-order valence-electron chi connectivity index (χ1n) is 10.2. The predicted octanol–water partition coefficient (Wildman–Crippen LogP) is 5.29. The van der Waals surface area contributed by atoms with Crippen LogP contribution in [0.4, 0.5) is 5.69 Å². The summed E-state index contributed by atoms with van der Waals surface area (Å²) in [6, 6.07) is 17.9. The van der Waals surface area contributed by atoms with Crippen LogP contribution < -0.4 is 14.4 Å². The van der Waals surface area contributed by atoms with Crippen molar-refractivity contribution in [1.82, 2.24) is 0 Å². The zero-order valence-corrected chi connectivity index (χ0v) is 19.1. The Labute approximate surface area is 196 Å². The second kappa shape index (κ2) is 9.00. The molecule has 0 radical (unpaired) electrons. The van der Waals surface area contributed by atoms with Crippen LogP contribution in [0, 0.1) is 6.92 Å². The number of aryl methyl sites for hydroxylation is 1. The molecular weight excluding hydrogens is 442 g/mol. The van der Waals surface area contributed by atoms with E-state index < -0.39 is 17.7 Å². The number of carbonyl (C=O) groups excluding carboxylic acids is 2. The zero-order valence-electron chi connectivity index (χ0n) is 18.3. The Hall–Kier alpha value is -3.77. The van der Waals surface area contributed by atoms with Crippen LogP contribution in [-0.4, -0.2) is 31.0 Å². The Kier molecular flexibility index (Phi) is 6.11. The summed E-state index contributed by atoms with van der Waals surface area (Å²) < 4.78 is 10.9. The summed E-state index contributed by atoms with van der Waals surface area (Å²) in [6.07, 6.45) is 0. The molecule has 6 nitrogen and oxygen atoms in total. The van der Waals surface area contributed by atoms with E-state index in [2.05, 4.69) is 0 Å². The number of ketones is 1. The third-order valence-corrected chi connectivity index (χ3v) is 6.07. The topological polar surface area (TPSA) is 76.1 Å². The average Bonchev–Trinajstić information content (AvgIpc) is 3.10. The number of carbonyl (C=O) groups is 2. The fourth-order valence-corrected chi connectivity index (χ4v) is 4.09. The van der Waals surface area contributed by atoms with E-state index >= 15 is 0 Å². The molecule has 1 fully saturated rings. The van der Waals surface area contributed by atoms with Crippen LogP contribution >= 0.6 is 11.6 Å². The van der Waals surface area contributed by atoms with Gasteiger partial charge in [0.05, 0.1) is 25.8 Å². The maximum absolute atomic E-state index is 13.3. The number of Topliss-reactive ketones (excluding diaryl/α,β-unsaturated/α-hetero) is 1. The molecule has 0 aromatic heterocycles. The standard InChI is InChI=1S/C26H22ClNO5/c1-15-13-17(9-12-20(15)27)28-23(19-11-10-18(32-2)14-21(19)33-3)22(25(30)26(28)31)24(29)16-7-5-4-6-8-16/h4-14,23,29H,1-3H3/t23-/m0/s1. The molecule has 1 saturated heterocycles. The van der Waals surface area contributed by atoms with Crippen molar-refractivity contribution < 1.29 is 24.2 Å². The molecule has 1 atom stereocenters.